The molecule has 0 bridgehead atoms. The molecule has 0 unspecified atom stereocenters. The second kappa shape index (κ2) is 11.3. The first-order valence-electron chi connectivity index (χ1n) is 11.6. The highest BCUT2D eigenvalue weighted by molar-refractivity contribution is 5.87. The summed E-state index contributed by atoms with van der Waals surface area (Å²) in [7, 11) is 0. The molecule has 2 amide bonds. The third-order valence-corrected chi connectivity index (χ3v) is 6.03. The number of benzene rings is 3. The smallest absolute Gasteiger partial charge is 0.234 e. The summed E-state index contributed by atoms with van der Waals surface area (Å²) in [5.41, 5.74) is 2.00. The van der Waals surface area contributed by atoms with E-state index < -0.39 is 0 Å². The van der Waals surface area contributed by atoms with Gasteiger partial charge < -0.3 is 15.0 Å². The molecule has 170 valence electrons. The highest BCUT2D eigenvalue weighted by Crippen LogP contribution is 2.28. The topological polar surface area (TPSA) is 58.6 Å². The monoisotopic (exact) mass is 442 g/mol. The number of nitrogens with one attached hydrogen (secondary N) is 1. The van der Waals surface area contributed by atoms with Crippen molar-refractivity contribution < 1.29 is 14.3 Å². The molecule has 1 aliphatic heterocycles. The van der Waals surface area contributed by atoms with Crippen molar-refractivity contribution in [3.8, 4) is 5.75 Å². The van der Waals surface area contributed by atoms with E-state index in [0.29, 0.717) is 26.1 Å². The average molecular weight is 443 g/mol. The molecule has 4 rings (SSSR count). The van der Waals surface area contributed by atoms with Gasteiger partial charge in [-0.2, -0.15) is 0 Å². The van der Waals surface area contributed by atoms with Gasteiger partial charge in [0.2, 0.25) is 11.8 Å². The van der Waals surface area contributed by atoms with E-state index in [0.717, 1.165) is 29.7 Å². The third-order valence-electron chi connectivity index (χ3n) is 6.03. The van der Waals surface area contributed by atoms with Gasteiger partial charge >= 0.3 is 0 Å². The van der Waals surface area contributed by atoms with E-state index in [2.05, 4.69) is 5.32 Å². The minimum absolute atomic E-state index is 0.0119. The summed E-state index contributed by atoms with van der Waals surface area (Å²) in [6.07, 6.45) is 1.83. The maximum atomic E-state index is 13.5. The fourth-order valence-corrected chi connectivity index (χ4v) is 4.27. The molecule has 5 nitrogen and oxygen atoms in total. The van der Waals surface area contributed by atoms with E-state index in [1.165, 1.54) is 0 Å². The first-order valence-corrected chi connectivity index (χ1v) is 11.6. The Hall–Kier alpha value is -3.60. The van der Waals surface area contributed by atoms with Gasteiger partial charge in [-0.25, -0.2) is 0 Å². The number of ether oxygens (including phenoxy) is 1. The minimum atomic E-state index is -0.311. The molecule has 1 N–H and O–H groups in total. The molecule has 0 aliphatic carbocycles. The van der Waals surface area contributed by atoms with Crippen LogP contribution in [0.1, 0.15) is 36.3 Å². The zero-order valence-corrected chi connectivity index (χ0v) is 18.7. The van der Waals surface area contributed by atoms with Crippen molar-refractivity contribution in [2.24, 2.45) is 0 Å². The largest absolute Gasteiger partial charge is 0.493 e. The van der Waals surface area contributed by atoms with Crippen molar-refractivity contribution >= 4 is 11.8 Å². The molecule has 0 saturated carbocycles. The predicted octanol–water partition coefficient (Wildman–Crippen LogP) is 4.39. The van der Waals surface area contributed by atoms with Gasteiger partial charge in [0.15, 0.2) is 0 Å². The molecule has 1 aliphatic rings. The van der Waals surface area contributed by atoms with E-state index in [1.807, 2.05) is 95.9 Å². The summed E-state index contributed by atoms with van der Waals surface area (Å²) in [6.45, 7) is 1.63. The minimum Gasteiger partial charge on any atom is -0.493 e. The molecule has 1 heterocycles. The Labute approximate surface area is 195 Å². The summed E-state index contributed by atoms with van der Waals surface area (Å²) in [5.74, 6) is 0.563. The van der Waals surface area contributed by atoms with Crippen molar-refractivity contribution in [1.82, 2.24) is 10.2 Å². The van der Waals surface area contributed by atoms with E-state index in [4.69, 9.17) is 4.74 Å². The molecule has 5 heteroatoms. The molecule has 0 radical (unpaired) electrons. The lowest BCUT2D eigenvalue weighted by Gasteiger charge is -2.35. The van der Waals surface area contributed by atoms with E-state index in [9.17, 15) is 9.59 Å². The zero-order valence-electron chi connectivity index (χ0n) is 18.7. The number of rotatable bonds is 8. The number of para-hydroxylation sites is 1. The maximum absolute atomic E-state index is 13.5. The lowest BCUT2D eigenvalue weighted by atomic mass is 9.89. The average Bonchev–Trinajstić information content (AvgIpc) is 2.86. The Morgan fingerprint density at radius 3 is 1.88 bits per heavy atom. The Kier molecular flexibility index (Phi) is 7.75. The molecule has 33 heavy (non-hydrogen) atoms. The number of hydrogen-bond acceptors (Lipinski definition) is 3. The van der Waals surface area contributed by atoms with E-state index >= 15 is 0 Å². The van der Waals surface area contributed by atoms with Crippen molar-refractivity contribution in [2.75, 3.05) is 19.7 Å². The van der Waals surface area contributed by atoms with E-state index in [1.54, 1.807) is 0 Å². The molecule has 1 fully saturated rings. The fraction of sp³-hybridized carbons (Fsp3) is 0.286. The number of carbonyl (C=O) groups excluding carboxylic acids is 2. The van der Waals surface area contributed by atoms with Crippen molar-refractivity contribution in [3.05, 3.63) is 102 Å². The van der Waals surface area contributed by atoms with Gasteiger partial charge in [0.05, 0.1) is 18.9 Å². The fourth-order valence-electron chi connectivity index (χ4n) is 4.27. The van der Waals surface area contributed by atoms with Crippen LogP contribution in [-0.4, -0.2) is 42.5 Å². The van der Waals surface area contributed by atoms with Crippen LogP contribution in [0.2, 0.25) is 0 Å². The molecule has 0 spiro atoms. The van der Waals surface area contributed by atoms with Crippen molar-refractivity contribution in [3.63, 3.8) is 0 Å². The number of amides is 2. The normalized spacial score (nSPS) is 14.2. The standard InChI is InChI=1S/C28H30N2O3/c31-26(18-21-33-25-14-8-3-9-15-25)29-24-16-19-30(20-17-24)28(32)27(22-10-4-1-5-11-22)23-12-6-2-7-13-23/h1-15,24,27H,16-21H2,(H,29,31). The maximum Gasteiger partial charge on any atom is 0.234 e. The Bertz CT molecular complexity index is 977. The van der Waals surface area contributed by atoms with Crippen LogP contribution < -0.4 is 10.1 Å². The van der Waals surface area contributed by atoms with Gasteiger partial charge in [0, 0.05) is 19.1 Å². The van der Waals surface area contributed by atoms with E-state index in [-0.39, 0.29) is 23.8 Å². The van der Waals surface area contributed by atoms with Crippen LogP contribution in [-0.2, 0) is 9.59 Å². The van der Waals surface area contributed by atoms with Gasteiger partial charge in [0.1, 0.15) is 5.75 Å². The van der Waals surface area contributed by atoms with Crippen LogP contribution in [0.3, 0.4) is 0 Å². The van der Waals surface area contributed by atoms with Crippen LogP contribution >= 0.6 is 0 Å². The molecule has 0 atom stereocenters. The number of piperidine rings is 1. The summed E-state index contributed by atoms with van der Waals surface area (Å²) in [5, 5.41) is 3.10. The van der Waals surface area contributed by atoms with Crippen LogP contribution in [0.5, 0.6) is 5.75 Å². The first kappa shape index (κ1) is 22.6. The van der Waals surface area contributed by atoms with Gasteiger partial charge in [-0.1, -0.05) is 78.9 Å². The highest BCUT2D eigenvalue weighted by atomic mass is 16.5. The summed E-state index contributed by atoms with van der Waals surface area (Å²) in [4.78, 5) is 27.8. The van der Waals surface area contributed by atoms with Gasteiger partial charge in [-0.3, -0.25) is 9.59 Å². The molecule has 0 aromatic heterocycles. The van der Waals surface area contributed by atoms with Crippen molar-refractivity contribution in [1.29, 1.82) is 0 Å². The summed E-state index contributed by atoms with van der Waals surface area (Å²) in [6, 6.07) is 29.5. The Balaban J connectivity index is 1.29. The second-order valence-electron chi connectivity index (χ2n) is 8.33. The first-order chi connectivity index (χ1) is 16.2. The second-order valence-corrected chi connectivity index (χ2v) is 8.33. The van der Waals surface area contributed by atoms with Crippen LogP contribution in [0.25, 0.3) is 0 Å². The molecule has 3 aromatic carbocycles. The number of likely N-dealkylation sites (tertiary alicyclic amines) is 1. The number of carbonyl (C=O) groups is 2. The predicted molar refractivity (Wildman–Crippen MR) is 129 cm³/mol. The molecule has 3 aromatic rings. The number of nitrogens with zero attached hydrogens (tertiary/aromatic N) is 1. The van der Waals surface area contributed by atoms with Crippen molar-refractivity contribution in [2.45, 2.75) is 31.2 Å². The van der Waals surface area contributed by atoms with Crippen LogP contribution in [0.15, 0.2) is 91.0 Å². The summed E-state index contributed by atoms with van der Waals surface area (Å²) < 4.78 is 5.61. The Morgan fingerprint density at radius 1 is 0.818 bits per heavy atom. The SMILES string of the molecule is O=C(CCOc1ccccc1)NC1CCN(C(=O)C(c2ccccc2)c2ccccc2)CC1. The molecular formula is C28H30N2O3. The lowest BCUT2D eigenvalue weighted by molar-refractivity contribution is -0.133. The molecular weight excluding hydrogens is 412 g/mol. The lowest BCUT2D eigenvalue weighted by Crippen LogP contribution is -2.48. The van der Waals surface area contributed by atoms with Crippen LogP contribution in [0.4, 0.5) is 0 Å². The van der Waals surface area contributed by atoms with Gasteiger partial charge in [0.25, 0.3) is 0 Å². The highest BCUT2D eigenvalue weighted by Gasteiger charge is 2.30. The Morgan fingerprint density at radius 2 is 1.33 bits per heavy atom. The van der Waals surface area contributed by atoms with Gasteiger partial charge in [-0.05, 0) is 36.1 Å². The zero-order chi connectivity index (χ0) is 22.9. The summed E-state index contributed by atoms with van der Waals surface area (Å²) >= 11 is 0. The van der Waals surface area contributed by atoms with Gasteiger partial charge in [-0.15, -0.1) is 0 Å². The van der Waals surface area contributed by atoms with Crippen LogP contribution in [0, 0.1) is 0 Å². The number of hydrogen-bond donors (Lipinski definition) is 1. The molecule has 1 saturated heterocycles. The third kappa shape index (κ3) is 6.22. The quantitative estimate of drug-likeness (QED) is 0.563.